The van der Waals surface area contributed by atoms with Crippen LogP contribution in [0.5, 0.6) is 0 Å². The number of amides is 1. The maximum absolute atomic E-state index is 12.8. The monoisotopic (exact) mass is 491 g/mol. The highest BCUT2D eigenvalue weighted by Crippen LogP contribution is 2.20. The number of carbonyl (C=O) groups excluding carboxylic acids is 2. The smallest absolute Gasteiger partial charge is 0.337 e. The molecule has 6 heteroatoms. The van der Waals surface area contributed by atoms with Gasteiger partial charge in [-0.2, -0.15) is 5.26 Å². The summed E-state index contributed by atoms with van der Waals surface area (Å²) in [6, 6.07) is 22.6. The second-order valence-corrected chi connectivity index (χ2v) is 9.04. The van der Waals surface area contributed by atoms with Crippen molar-refractivity contribution < 1.29 is 14.3 Å². The summed E-state index contributed by atoms with van der Waals surface area (Å²) < 4.78 is 4.85. The van der Waals surface area contributed by atoms with Crippen LogP contribution in [0.15, 0.2) is 66.7 Å². The molecule has 0 radical (unpaired) electrons. The molecular formula is C31H29N3O3. The molecule has 6 nitrogen and oxygen atoms in total. The third-order valence-corrected chi connectivity index (χ3v) is 6.41. The summed E-state index contributed by atoms with van der Waals surface area (Å²) in [5.41, 5.74) is 5.32. The summed E-state index contributed by atoms with van der Waals surface area (Å²) in [4.78, 5) is 28.7. The summed E-state index contributed by atoms with van der Waals surface area (Å²) in [7, 11) is 1.36. The number of hydrogen-bond donors (Lipinski definition) is 0. The summed E-state index contributed by atoms with van der Waals surface area (Å²) in [6.07, 6.45) is 2.13. The number of methoxy groups -OCH3 is 1. The maximum atomic E-state index is 12.8. The fraction of sp³-hybridized carbons (Fsp3) is 0.258. The minimum Gasteiger partial charge on any atom is -0.465 e. The van der Waals surface area contributed by atoms with E-state index in [9.17, 15) is 14.9 Å². The lowest BCUT2D eigenvalue weighted by molar-refractivity contribution is 0.0600. The van der Waals surface area contributed by atoms with Gasteiger partial charge in [-0.05, 0) is 79.4 Å². The predicted octanol–water partition coefficient (Wildman–Crippen LogP) is 4.95. The van der Waals surface area contributed by atoms with Gasteiger partial charge in [0, 0.05) is 36.4 Å². The molecular weight excluding hydrogens is 462 g/mol. The molecule has 0 unspecified atom stereocenters. The minimum absolute atomic E-state index is 0.0900. The van der Waals surface area contributed by atoms with Gasteiger partial charge in [-0.15, -0.1) is 0 Å². The Morgan fingerprint density at radius 3 is 2.51 bits per heavy atom. The lowest BCUT2D eigenvalue weighted by atomic mass is 10.0. The van der Waals surface area contributed by atoms with E-state index in [0.29, 0.717) is 24.2 Å². The molecule has 1 saturated heterocycles. The van der Waals surface area contributed by atoms with Crippen LogP contribution in [0.25, 0.3) is 0 Å². The molecule has 1 fully saturated rings. The fourth-order valence-electron chi connectivity index (χ4n) is 4.45. The number of carbonyl (C=O) groups is 2. The van der Waals surface area contributed by atoms with Gasteiger partial charge in [-0.25, -0.2) is 4.79 Å². The van der Waals surface area contributed by atoms with E-state index in [0.717, 1.165) is 53.9 Å². The first-order chi connectivity index (χ1) is 18.0. The zero-order valence-electron chi connectivity index (χ0n) is 21.2. The van der Waals surface area contributed by atoms with E-state index in [1.165, 1.54) is 7.11 Å². The Bertz CT molecular complexity index is 1400. The highest BCUT2D eigenvalue weighted by atomic mass is 16.5. The van der Waals surface area contributed by atoms with Gasteiger partial charge in [0.05, 0.1) is 30.9 Å². The number of nitriles is 1. The van der Waals surface area contributed by atoms with Gasteiger partial charge in [0.1, 0.15) is 0 Å². The van der Waals surface area contributed by atoms with Gasteiger partial charge in [-0.3, -0.25) is 4.79 Å². The Kier molecular flexibility index (Phi) is 8.23. The van der Waals surface area contributed by atoms with E-state index in [-0.39, 0.29) is 11.9 Å². The normalized spacial score (nSPS) is 12.3. The highest BCUT2D eigenvalue weighted by Gasteiger charge is 2.20. The van der Waals surface area contributed by atoms with Crippen molar-refractivity contribution in [2.75, 3.05) is 31.6 Å². The first kappa shape index (κ1) is 25.5. The highest BCUT2D eigenvalue weighted by molar-refractivity contribution is 5.96. The van der Waals surface area contributed by atoms with Gasteiger partial charge in [0.15, 0.2) is 0 Å². The molecule has 0 atom stereocenters. The number of esters is 1. The molecule has 186 valence electrons. The van der Waals surface area contributed by atoms with Crippen LogP contribution in [0.4, 0.5) is 5.69 Å². The Labute approximate surface area is 218 Å². The molecule has 0 aromatic heterocycles. The van der Waals surface area contributed by atoms with Gasteiger partial charge < -0.3 is 14.5 Å². The first-order valence-corrected chi connectivity index (χ1v) is 12.3. The number of rotatable bonds is 6. The molecule has 0 N–H and O–H groups in total. The molecule has 1 amide bonds. The molecule has 0 bridgehead atoms. The Hall–Kier alpha value is -4.55. The summed E-state index contributed by atoms with van der Waals surface area (Å²) in [5, 5.41) is 9.36. The SMILES string of the molecule is COC(=O)c1cccc(CN(CC#Cc2ccc(C(=O)N3CCCC3)c(C)c2)c2cccc(C#N)c2)c1. The Balaban J connectivity index is 1.55. The van der Waals surface area contributed by atoms with Crippen molar-refractivity contribution in [2.45, 2.75) is 26.3 Å². The number of nitrogens with zero attached hydrogens (tertiary/aromatic N) is 3. The van der Waals surface area contributed by atoms with E-state index in [1.807, 2.05) is 60.4 Å². The topological polar surface area (TPSA) is 73.6 Å². The average Bonchev–Trinajstić information content (AvgIpc) is 3.47. The fourth-order valence-corrected chi connectivity index (χ4v) is 4.45. The first-order valence-electron chi connectivity index (χ1n) is 12.3. The maximum Gasteiger partial charge on any atom is 0.337 e. The number of likely N-dealkylation sites (tertiary alicyclic amines) is 1. The summed E-state index contributed by atoms with van der Waals surface area (Å²) in [5.74, 6) is 6.17. The van der Waals surface area contributed by atoms with E-state index in [2.05, 4.69) is 22.8 Å². The molecule has 3 aromatic rings. The molecule has 0 aliphatic carbocycles. The molecule has 0 saturated carbocycles. The van der Waals surface area contributed by atoms with Gasteiger partial charge >= 0.3 is 5.97 Å². The van der Waals surface area contributed by atoms with Crippen molar-refractivity contribution in [3.8, 4) is 17.9 Å². The molecule has 1 aliphatic heterocycles. The Morgan fingerprint density at radius 1 is 1.00 bits per heavy atom. The van der Waals surface area contributed by atoms with E-state index in [1.54, 1.807) is 18.2 Å². The van der Waals surface area contributed by atoms with Gasteiger partial charge in [0.2, 0.25) is 0 Å². The zero-order valence-corrected chi connectivity index (χ0v) is 21.2. The Morgan fingerprint density at radius 2 is 1.78 bits per heavy atom. The van der Waals surface area contributed by atoms with Crippen LogP contribution >= 0.6 is 0 Å². The van der Waals surface area contributed by atoms with Crippen molar-refractivity contribution in [1.82, 2.24) is 4.90 Å². The number of aryl methyl sites for hydroxylation is 1. The van der Waals surface area contributed by atoms with E-state index in [4.69, 9.17) is 4.74 Å². The van der Waals surface area contributed by atoms with Crippen LogP contribution < -0.4 is 4.90 Å². The quantitative estimate of drug-likeness (QED) is 0.360. The largest absolute Gasteiger partial charge is 0.465 e. The van der Waals surface area contributed by atoms with Crippen LogP contribution in [0, 0.1) is 30.1 Å². The van der Waals surface area contributed by atoms with Crippen molar-refractivity contribution in [3.05, 3.63) is 100 Å². The molecule has 4 rings (SSSR count). The van der Waals surface area contributed by atoms with Crippen LogP contribution in [-0.2, 0) is 11.3 Å². The van der Waals surface area contributed by atoms with Crippen molar-refractivity contribution in [3.63, 3.8) is 0 Å². The van der Waals surface area contributed by atoms with Crippen LogP contribution in [0.1, 0.15) is 55.8 Å². The van der Waals surface area contributed by atoms with Crippen molar-refractivity contribution in [1.29, 1.82) is 5.26 Å². The lowest BCUT2D eigenvalue weighted by Gasteiger charge is -2.23. The predicted molar refractivity (Wildman–Crippen MR) is 143 cm³/mol. The second-order valence-electron chi connectivity index (χ2n) is 9.04. The second kappa shape index (κ2) is 11.9. The van der Waals surface area contributed by atoms with E-state index >= 15 is 0 Å². The third-order valence-electron chi connectivity index (χ3n) is 6.41. The van der Waals surface area contributed by atoms with Crippen LogP contribution in [-0.4, -0.2) is 43.5 Å². The molecule has 1 aliphatic rings. The summed E-state index contributed by atoms with van der Waals surface area (Å²) in [6.45, 7) is 4.50. The number of hydrogen-bond acceptors (Lipinski definition) is 5. The van der Waals surface area contributed by atoms with Gasteiger partial charge in [0.25, 0.3) is 5.91 Å². The average molecular weight is 492 g/mol. The standard InChI is InChI=1S/C31H29N3O3/c1-23-18-24(13-14-29(23)30(35)33-15-3-4-16-33)10-7-17-34(28-12-6-8-25(20-28)21-32)22-26-9-5-11-27(19-26)31(36)37-2/h5-6,8-9,11-14,18-20H,3-4,15-17,22H2,1-2H3. The third kappa shape index (κ3) is 6.37. The molecule has 0 spiro atoms. The molecule has 3 aromatic carbocycles. The summed E-state index contributed by atoms with van der Waals surface area (Å²) >= 11 is 0. The number of benzene rings is 3. The van der Waals surface area contributed by atoms with Gasteiger partial charge in [-0.1, -0.05) is 30.0 Å². The van der Waals surface area contributed by atoms with Crippen LogP contribution in [0.3, 0.4) is 0 Å². The van der Waals surface area contributed by atoms with E-state index < -0.39 is 0 Å². The molecule has 1 heterocycles. The lowest BCUT2D eigenvalue weighted by Crippen LogP contribution is -2.28. The number of ether oxygens (including phenoxy) is 1. The zero-order chi connectivity index (χ0) is 26.2. The van der Waals surface area contributed by atoms with Crippen LogP contribution in [0.2, 0.25) is 0 Å². The minimum atomic E-state index is -0.387. The number of anilines is 1. The van der Waals surface area contributed by atoms with Crippen molar-refractivity contribution >= 4 is 17.6 Å². The van der Waals surface area contributed by atoms with Crippen molar-refractivity contribution in [2.24, 2.45) is 0 Å². The molecule has 37 heavy (non-hydrogen) atoms.